The summed E-state index contributed by atoms with van der Waals surface area (Å²) in [5.74, 6) is 0. The molecular formula is C42H24O2. The van der Waals surface area contributed by atoms with E-state index >= 15 is 0 Å². The molecule has 44 heavy (non-hydrogen) atoms. The number of benzene rings is 8. The molecule has 10 rings (SSSR count). The van der Waals surface area contributed by atoms with Crippen molar-refractivity contribution in [3.8, 4) is 22.3 Å². The molecule has 0 saturated carbocycles. The van der Waals surface area contributed by atoms with E-state index in [1.165, 1.54) is 0 Å². The molecule has 2 heterocycles. The third kappa shape index (κ3) is 3.20. The van der Waals surface area contributed by atoms with Gasteiger partial charge in [-0.2, -0.15) is 0 Å². The van der Waals surface area contributed by atoms with Crippen molar-refractivity contribution in [2.75, 3.05) is 0 Å². The van der Waals surface area contributed by atoms with Crippen molar-refractivity contribution in [2.45, 2.75) is 0 Å². The average Bonchev–Trinajstić information content (AvgIpc) is 3.83. The molecule has 0 aliphatic carbocycles. The summed E-state index contributed by atoms with van der Waals surface area (Å²) < 4.78 is 147. The normalized spacial score (nSPS) is 16.9. The first-order chi connectivity index (χ1) is 28.1. The molecule has 0 spiro atoms. The van der Waals surface area contributed by atoms with Crippen LogP contribution in [0.1, 0.15) is 20.6 Å². The SMILES string of the molecule is [2H]c1c([2H])c([2H])c2c(oc3c([2H])c([2H])c([2H])c(-c4c5c([2H])c([2H])c([2H])c([2H])c5c(-c5ccc6oc7c8ccccc8ccc7c6c5)c5c([2H])c([2H])c([2H])c([2H])c45)c32)c1[2H]. The van der Waals surface area contributed by atoms with Crippen LogP contribution in [0.25, 0.3) is 98.4 Å². The first kappa shape index (κ1) is 13.6. The summed E-state index contributed by atoms with van der Waals surface area (Å²) in [5.41, 5.74) is -0.0717. The van der Waals surface area contributed by atoms with Crippen LogP contribution in [0.5, 0.6) is 0 Å². The molecule has 8 aromatic carbocycles. The van der Waals surface area contributed by atoms with E-state index in [1.54, 1.807) is 18.2 Å². The molecule has 2 heteroatoms. The van der Waals surface area contributed by atoms with Crippen molar-refractivity contribution >= 4 is 76.2 Å². The van der Waals surface area contributed by atoms with Crippen molar-refractivity contribution in [2.24, 2.45) is 0 Å². The Morgan fingerprint density at radius 1 is 0.432 bits per heavy atom. The lowest BCUT2D eigenvalue weighted by Gasteiger charge is -2.18. The Hall–Kier alpha value is -5.86. The van der Waals surface area contributed by atoms with Crippen molar-refractivity contribution in [1.82, 2.24) is 0 Å². The summed E-state index contributed by atoms with van der Waals surface area (Å²) in [7, 11) is 0. The molecule has 0 N–H and O–H groups in total. The molecule has 0 aliphatic rings. The monoisotopic (exact) mass is 575 g/mol. The van der Waals surface area contributed by atoms with Gasteiger partial charge in [-0.25, -0.2) is 0 Å². The second-order valence-corrected chi connectivity index (χ2v) is 10.5. The van der Waals surface area contributed by atoms with E-state index in [-0.39, 0.29) is 49.0 Å². The van der Waals surface area contributed by atoms with Gasteiger partial charge in [-0.3, -0.25) is 0 Å². The third-order valence-electron chi connectivity index (χ3n) is 8.22. The molecule has 2 nitrogen and oxygen atoms in total. The number of fused-ring (bicyclic) bond motifs is 10. The molecule has 2 aromatic heterocycles. The van der Waals surface area contributed by atoms with Crippen LogP contribution < -0.4 is 0 Å². The van der Waals surface area contributed by atoms with Crippen molar-refractivity contribution < 1.29 is 29.4 Å². The lowest BCUT2D eigenvalue weighted by molar-refractivity contribution is 0.669. The summed E-state index contributed by atoms with van der Waals surface area (Å²) in [4.78, 5) is 0. The van der Waals surface area contributed by atoms with Crippen LogP contribution in [0, 0.1) is 0 Å². The van der Waals surface area contributed by atoms with Gasteiger partial charge >= 0.3 is 0 Å². The number of hydrogen-bond acceptors (Lipinski definition) is 2. The van der Waals surface area contributed by atoms with Gasteiger partial charge in [0.25, 0.3) is 0 Å². The van der Waals surface area contributed by atoms with Gasteiger partial charge in [-0.05, 0) is 79.5 Å². The first-order valence-electron chi connectivity index (χ1n) is 21.3. The highest BCUT2D eigenvalue weighted by Gasteiger charge is 2.21. The van der Waals surface area contributed by atoms with Crippen LogP contribution in [-0.2, 0) is 0 Å². The van der Waals surface area contributed by atoms with Gasteiger partial charge < -0.3 is 8.83 Å². The van der Waals surface area contributed by atoms with Gasteiger partial charge in [0.1, 0.15) is 22.3 Å². The van der Waals surface area contributed by atoms with E-state index < -0.39 is 102 Å². The first-order valence-corrected chi connectivity index (χ1v) is 13.8. The lowest BCUT2D eigenvalue weighted by Crippen LogP contribution is -1.91. The summed E-state index contributed by atoms with van der Waals surface area (Å²) in [6.45, 7) is 0. The van der Waals surface area contributed by atoms with E-state index in [4.69, 9.17) is 22.5 Å². The molecule has 0 aliphatic heterocycles. The van der Waals surface area contributed by atoms with E-state index in [1.807, 2.05) is 36.4 Å². The Kier molecular flexibility index (Phi) is 2.73. The standard InChI is InChI=1S/C42H24O2/c1-2-11-27-25(10-1)20-22-32-35-24-26(21-23-37(35)44-42(27)32)39-28-12-3-5-14-30(28)40(31-15-6-4-13-29(31)39)34-17-9-19-38-41(34)33-16-7-8-18-36(33)43-38/h1-24H/i3D,4D,5D,6D,7D,8D,9D,12D,13D,14D,15D,16D,17D,18D,19D. The van der Waals surface area contributed by atoms with Crippen LogP contribution in [0.4, 0.5) is 0 Å². The van der Waals surface area contributed by atoms with E-state index in [0.717, 1.165) is 16.2 Å². The van der Waals surface area contributed by atoms with E-state index in [9.17, 15) is 6.85 Å². The van der Waals surface area contributed by atoms with Gasteiger partial charge in [0, 0.05) is 26.9 Å². The molecular weight excluding hydrogens is 536 g/mol. The number of rotatable bonds is 2. The highest BCUT2D eigenvalue weighted by Crippen LogP contribution is 2.47. The Bertz CT molecular complexity index is 3540. The zero-order valence-corrected chi connectivity index (χ0v) is 22.5. The largest absolute Gasteiger partial charge is 0.456 e. The van der Waals surface area contributed by atoms with Gasteiger partial charge in [0.15, 0.2) is 0 Å². The molecule has 0 fully saturated rings. The molecule has 0 atom stereocenters. The van der Waals surface area contributed by atoms with Crippen LogP contribution >= 0.6 is 0 Å². The summed E-state index contributed by atoms with van der Waals surface area (Å²) >= 11 is 0. The minimum absolute atomic E-state index is 0.0275. The smallest absolute Gasteiger partial charge is 0.143 e. The minimum atomic E-state index is -0.723. The Morgan fingerprint density at radius 2 is 1.11 bits per heavy atom. The zero-order chi connectivity index (χ0) is 41.8. The average molecular weight is 576 g/mol. The maximum atomic E-state index is 9.41. The Morgan fingerprint density at radius 3 is 1.91 bits per heavy atom. The van der Waals surface area contributed by atoms with Gasteiger partial charge in [0.05, 0.1) is 20.6 Å². The van der Waals surface area contributed by atoms with Gasteiger partial charge in [-0.1, -0.05) is 115 Å². The van der Waals surface area contributed by atoms with Crippen molar-refractivity contribution in [3.63, 3.8) is 0 Å². The van der Waals surface area contributed by atoms with E-state index in [0.29, 0.717) is 22.1 Å². The fraction of sp³-hybridized carbons (Fsp3) is 0. The fourth-order valence-corrected chi connectivity index (χ4v) is 6.37. The molecule has 204 valence electrons. The summed E-state index contributed by atoms with van der Waals surface area (Å²) in [5, 5.41) is 1.69. The van der Waals surface area contributed by atoms with Gasteiger partial charge in [-0.15, -0.1) is 0 Å². The third-order valence-corrected chi connectivity index (χ3v) is 8.22. The highest BCUT2D eigenvalue weighted by atomic mass is 16.3. The van der Waals surface area contributed by atoms with Crippen LogP contribution in [0.2, 0.25) is 0 Å². The molecule has 10 aromatic rings. The zero-order valence-electron chi connectivity index (χ0n) is 37.5. The Labute approximate surface area is 273 Å². The topological polar surface area (TPSA) is 26.3 Å². The molecule has 0 radical (unpaired) electrons. The van der Waals surface area contributed by atoms with Crippen molar-refractivity contribution in [3.05, 3.63) is 145 Å². The predicted molar refractivity (Wildman–Crippen MR) is 184 cm³/mol. The summed E-state index contributed by atoms with van der Waals surface area (Å²) in [6, 6.07) is 6.81. The second-order valence-electron chi connectivity index (χ2n) is 10.5. The molecule has 0 saturated heterocycles. The maximum absolute atomic E-state index is 9.41. The molecule has 0 amide bonds. The quantitative estimate of drug-likeness (QED) is 0.192. The molecule has 0 unspecified atom stereocenters. The van der Waals surface area contributed by atoms with E-state index in [2.05, 4.69) is 0 Å². The van der Waals surface area contributed by atoms with Crippen LogP contribution in [-0.4, -0.2) is 0 Å². The Balaban J connectivity index is 1.50. The highest BCUT2D eigenvalue weighted by molar-refractivity contribution is 6.26. The van der Waals surface area contributed by atoms with Crippen LogP contribution in [0.15, 0.2) is 154 Å². The van der Waals surface area contributed by atoms with Crippen molar-refractivity contribution in [1.29, 1.82) is 0 Å². The predicted octanol–water partition coefficient (Wildman–Crippen LogP) is 12.3. The number of hydrogen-bond donors (Lipinski definition) is 0. The maximum Gasteiger partial charge on any atom is 0.143 e. The number of furan rings is 2. The summed E-state index contributed by atoms with van der Waals surface area (Å²) in [6.07, 6.45) is 0. The van der Waals surface area contributed by atoms with Crippen LogP contribution in [0.3, 0.4) is 0 Å². The second kappa shape index (κ2) is 8.82. The fourth-order valence-electron chi connectivity index (χ4n) is 6.37. The van der Waals surface area contributed by atoms with Gasteiger partial charge in [0.2, 0.25) is 0 Å². The minimum Gasteiger partial charge on any atom is -0.456 e. The lowest BCUT2D eigenvalue weighted by atomic mass is 9.84. The number of para-hydroxylation sites is 1. The molecule has 0 bridgehead atoms.